The van der Waals surface area contributed by atoms with E-state index in [1.54, 1.807) is 12.1 Å². The number of benzene rings is 2. The third kappa shape index (κ3) is 4.87. The van der Waals surface area contributed by atoms with E-state index in [4.69, 9.17) is 23.2 Å². The Kier molecular flexibility index (Phi) is 6.65. The first-order valence-electron chi connectivity index (χ1n) is 8.75. The number of hydrogen-bond acceptors (Lipinski definition) is 4. The maximum absolute atomic E-state index is 12.1. The summed E-state index contributed by atoms with van der Waals surface area (Å²) in [5.41, 5.74) is 2.86. The second-order valence-corrected chi connectivity index (χ2v) is 8.37. The van der Waals surface area contributed by atoms with Crippen molar-refractivity contribution in [1.29, 1.82) is 0 Å². The minimum Gasteiger partial charge on any atom is -0.353 e. The van der Waals surface area contributed by atoms with Crippen LogP contribution in [0.4, 0.5) is 0 Å². The Labute approximate surface area is 178 Å². The maximum Gasteiger partial charge on any atom is 0.230 e. The van der Waals surface area contributed by atoms with Crippen molar-refractivity contribution in [3.8, 4) is 17.1 Å². The summed E-state index contributed by atoms with van der Waals surface area (Å²) < 4.78 is 1.89. The number of rotatable bonds is 6. The molecule has 0 saturated carbocycles. The number of halogens is 2. The van der Waals surface area contributed by atoms with Gasteiger partial charge in [-0.2, -0.15) is 0 Å². The zero-order chi connectivity index (χ0) is 20.3. The molecule has 2 aromatic carbocycles. The van der Waals surface area contributed by atoms with Crippen LogP contribution in [0.3, 0.4) is 0 Å². The number of nitrogens with zero attached hydrogens (tertiary/aromatic N) is 3. The third-order valence-corrected chi connectivity index (χ3v) is 5.55. The van der Waals surface area contributed by atoms with Gasteiger partial charge in [0, 0.05) is 11.6 Å². The second-order valence-electron chi connectivity index (χ2n) is 6.62. The Morgan fingerprint density at radius 3 is 2.46 bits per heavy atom. The van der Waals surface area contributed by atoms with E-state index in [0.29, 0.717) is 21.0 Å². The lowest BCUT2D eigenvalue weighted by Crippen LogP contribution is -2.31. The third-order valence-electron chi connectivity index (χ3n) is 3.89. The van der Waals surface area contributed by atoms with Crippen LogP contribution in [0.15, 0.2) is 47.6 Å². The van der Waals surface area contributed by atoms with Gasteiger partial charge < -0.3 is 5.32 Å². The van der Waals surface area contributed by atoms with Gasteiger partial charge in [-0.1, -0.05) is 64.8 Å². The molecule has 0 spiro atoms. The lowest BCUT2D eigenvalue weighted by molar-refractivity contribution is -0.119. The maximum atomic E-state index is 12.1. The Morgan fingerprint density at radius 2 is 1.82 bits per heavy atom. The van der Waals surface area contributed by atoms with Crippen molar-refractivity contribution in [2.45, 2.75) is 32.0 Å². The standard InChI is InChI=1S/C20H20Cl2N4OS/c1-12(2)23-18(27)11-28-20-25-24-19(14-6-4-13(3)5-7-14)26(20)15-8-9-16(21)17(22)10-15/h4-10,12H,11H2,1-3H3,(H,23,27). The molecule has 0 bridgehead atoms. The lowest BCUT2D eigenvalue weighted by Gasteiger charge is -2.12. The number of carbonyl (C=O) groups excluding carboxylic acids is 1. The molecule has 0 aliphatic rings. The molecule has 3 rings (SSSR count). The molecule has 146 valence electrons. The number of nitrogens with one attached hydrogen (secondary N) is 1. The van der Waals surface area contributed by atoms with E-state index >= 15 is 0 Å². The van der Waals surface area contributed by atoms with Gasteiger partial charge in [0.15, 0.2) is 11.0 Å². The summed E-state index contributed by atoms with van der Waals surface area (Å²) >= 11 is 13.6. The largest absolute Gasteiger partial charge is 0.353 e. The number of aryl methyl sites for hydroxylation is 1. The van der Waals surface area contributed by atoms with Gasteiger partial charge in [0.2, 0.25) is 5.91 Å². The molecule has 0 radical (unpaired) electrons. The SMILES string of the molecule is Cc1ccc(-c2nnc(SCC(=O)NC(C)C)n2-c2ccc(Cl)c(Cl)c2)cc1. The van der Waals surface area contributed by atoms with Crippen molar-refractivity contribution in [2.75, 3.05) is 5.75 Å². The second kappa shape index (κ2) is 8.99. The molecule has 0 aliphatic carbocycles. The Morgan fingerprint density at radius 1 is 1.11 bits per heavy atom. The Hall–Kier alpha value is -2.02. The van der Waals surface area contributed by atoms with Crippen LogP contribution in [0, 0.1) is 6.92 Å². The van der Waals surface area contributed by atoms with Crippen LogP contribution in [0.25, 0.3) is 17.1 Å². The molecule has 0 saturated heterocycles. The number of carbonyl (C=O) groups is 1. The zero-order valence-electron chi connectivity index (χ0n) is 15.7. The van der Waals surface area contributed by atoms with Gasteiger partial charge in [-0.05, 0) is 39.0 Å². The number of amides is 1. The highest BCUT2D eigenvalue weighted by Crippen LogP contribution is 2.31. The normalized spacial score (nSPS) is 11.1. The van der Waals surface area contributed by atoms with Crippen LogP contribution in [0.2, 0.25) is 10.0 Å². The predicted octanol–water partition coefficient (Wildman–Crippen LogP) is 5.17. The quantitative estimate of drug-likeness (QED) is 0.543. The molecular formula is C20H20Cl2N4OS. The highest BCUT2D eigenvalue weighted by molar-refractivity contribution is 7.99. The number of thioether (sulfide) groups is 1. The van der Waals surface area contributed by atoms with Gasteiger partial charge in [-0.15, -0.1) is 10.2 Å². The minimum atomic E-state index is -0.0550. The smallest absolute Gasteiger partial charge is 0.230 e. The molecule has 1 aromatic heterocycles. The summed E-state index contributed by atoms with van der Waals surface area (Å²) in [6, 6.07) is 13.5. The molecule has 0 aliphatic heterocycles. The molecular weight excluding hydrogens is 415 g/mol. The fraction of sp³-hybridized carbons (Fsp3) is 0.250. The zero-order valence-corrected chi connectivity index (χ0v) is 18.1. The van der Waals surface area contributed by atoms with E-state index in [9.17, 15) is 4.79 Å². The average Bonchev–Trinajstić information content (AvgIpc) is 3.06. The topological polar surface area (TPSA) is 59.8 Å². The van der Waals surface area contributed by atoms with Crippen molar-refractivity contribution in [1.82, 2.24) is 20.1 Å². The summed E-state index contributed by atoms with van der Waals surface area (Å²) in [6.07, 6.45) is 0. The predicted molar refractivity (Wildman–Crippen MR) is 116 cm³/mol. The fourth-order valence-electron chi connectivity index (χ4n) is 2.60. The van der Waals surface area contributed by atoms with Gasteiger partial charge in [-0.3, -0.25) is 9.36 Å². The summed E-state index contributed by atoms with van der Waals surface area (Å²) in [4.78, 5) is 12.1. The van der Waals surface area contributed by atoms with E-state index in [-0.39, 0.29) is 17.7 Å². The molecule has 5 nitrogen and oxygen atoms in total. The number of hydrogen-bond donors (Lipinski definition) is 1. The molecule has 0 atom stereocenters. The highest BCUT2D eigenvalue weighted by Gasteiger charge is 2.18. The van der Waals surface area contributed by atoms with Crippen LogP contribution in [-0.4, -0.2) is 32.5 Å². The van der Waals surface area contributed by atoms with Gasteiger partial charge in [0.25, 0.3) is 0 Å². The molecule has 8 heteroatoms. The first-order chi connectivity index (χ1) is 13.3. The molecule has 1 amide bonds. The molecule has 0 fully saturated rings. The Bertz CT molecular complexity index is 986. The summed E-state index contributed by atoms with van der Waals surface area (Å²) in [7, 11) is 0. The number of aromatic nitrogens is 3. The first-order valence-corrected chi connectivity index (χ1v) is 10.5. The van der Waals surface area contributed by atoms with Crippen molar-refractivity contribution in [3.05, 3.63) is 58.1 Å². The lowest BCUT2D eigenvalue weighted by atomic mass is 10.1. The average molecular weight is 435 g/mol. The van der Waals surface area contributed by atoms with E-state index in [1.165, 1.54) is 11.8 Å². The van der Waals surface area contributed by atoms with Crippen LogP contribution in [-0.2, 0) is 4.79 Å². The van der Waals surface area contributed by atoms with E-state index in [1.807, 2.05) is 55.7 Å². The van der Waals surface area contributed by atoms with Crippen LogP contribution in [0.1, 0.15) is 19.4 Å². The van der Waals surface area contributed by atoms with E-state index in [0.717, 1.165) is 16.8 Å². The van der Waals surface area contributed by atoms with Crippen LogP contribution >= 0.6 is 35.0 Å². The summed E-state index contributed by atoms with van der Waals surface area (Å²) in [6.45, 7) is 5.88. The van der Waals surface area contributed by atoms with Gasteiger partial charge in [0.1, 0.15) is 0 Å². The summed E-state index contributed by atoms with van der Waals surface area (Å²) in [5, 5.41) is 13.1. The van der Waals surface area contributed by atoms with Crippen molar-refractivity contribution < 1.29 is 4.79 Å². The minimum absolute atomic E-state index is 0.0550. The molecule has 28 heavy (non-hydrogen) atoms. The Balaban J connectivity index is 2.01. The van der Waals surface area contributed by atoms with E-state index in [2.05, 4.69) is 15.5 Å². The van der Waals surface area contributed by atoms with Gasteiger partial charge in [-0.25, -0.2) is 0 Å². The highest BCUT2D eigenvalue weighted by atomic mass is 35.5. The van der Waals surface area contributed by atoms with Crippen LogP contribution < -0.4 is 5.32 Å². The molecule has 0 unspecified atom stereocenters. The molecule has 1 N–H and O–H groups in total. The van der Waals surface area contributed by atoms with Crippen molar-refractivity contribution in [2.24, 2.45) is 0 Å². The van der Waals surface area contributed by atoms with Gasteiger partial charge in [0.05, 0.1) is 21.5 Å². The molecule has 1 heterocycles. The summed E-state index contributed by atoms with van der Waals surface area (Å²) in [5.74, 6) is 0.858. The monoisotopic (exact) mass is 434 g/mol. The first kappa shape index (κ1) is 20.7. The van der Waals surface area contributed by atoms with E-state index < -0.39 is 0 Å². The van der Waals surface area contributed by atoms with Crippen molar-refractivity contribution >= 4 is 40.9 Å². The van der Waals surface area contributed by atoms with Crippen molar-refractivity contribution in [3.63, 3.8) is 0 Å². The van der Waals surface area contributed by atoms with Crippen LogP contribution in [0.5, 0.6) is 0 Å². The van der Waals surface area contributed by atoms with Gasteiger partial charge >= 0.3 is 0 Å². The molecule has 3 aromatic rings. The fourth-order valence-corrected chi connectivity index (χ4v) is 3.66.